The van der Waals surface area contributed by atoms with Gasteiger partial charge in [-0.1, -0.05) is 91.5 Å². The quantitative estimate of drug-likeness (QED) is 0.205. The molecule has 0 radical (unpaired) electrons. The van der Waals surface area contributed by atoms with Crippen molar-refractivity contribution in [2.24, 2.45) is 5.92 Å². The number of piperidine rings is 3. The van der Waals surface area contributed by atoms with E-state index in [1.807, 2.05) is 24.3 Å². The highest BCUT2D eigenvalue weighted by molar-refractivity contribution is 5.85. The van der Waals surface area contributed by atoms with Crippen LogP contribution in [-0.2, 0) is 21.5 Å². The van der Waals surface area contributed by atoms with Gasteiger partial charge in [-0.15, -0.1) is 12.4 Å². The number of hydrogen-bond donors (Lipinski definition) is 0. The minimum atomic E-state index is -0.495. The molecule has 1 aliphatic carbocycles. The van der Waals surface area contributed by atoms with Gasteiger partial charge in [0, 0.05) is 30.4 Å². The van der Waals surface area contributed by atoms with Gasteiger partial charge >= 0.3 is 5.97 Å². The number of ether oxygens (including phenoxy) is 1. The lowest BCUT2D eigenvalue weighted by Gasteiger charge is -2.52. The van der Waals surface area contributed by atoms with E-state index in [-0.39, 0.29) is 24.5 Å². The zero-order chi connectivity index (χ0) is 24.4. The minimum absolute atomic E-state index is 0. The fourth-order valence-electron chi connectivity index (χ4n) is 7.00. The summed E-state index contributed by atoms with van der Waals surface area (Å²) in [6, 6.07) is 22.6. The molecule has 0 N–H and O–H groups in total. The molecule has 6 heteroatoms. The Labute approximate surface area is 226 Å². The van der Waals surface area contributed by atoms with Crippen LogP contribution in [0.4, 0.5) is 0 Å². The number of esters is 1. The van der Waals surface area contributed by atoms with E-state index in [9.17, 15) is 4.79 Å². The van der Waals surface area contributed by atoms with Gasteiger partial charge in [0.25, 0.3) is 0 Å². The van der Waals surface area contributed by atoms with E-state index in [1.54, 1.807) is 0 Å². The lowest BCUT2D eigenvalue weighted by atomic mass is 9.74. The van der Waals surface area contributed by atoms with Gasteiger partial charge in [-0.05, 0) is 18.4 Å². The molecule has 37 heavy (non-hydrogen) atoms. The second-order valence-corrected chi connectivity index (χ2v) is 11.3. The Morgan fingerprint density at radius 1 is 0.946 bits per heavy atom. The molecule has 1 aromatic heterocycles. The first-order chi connectivity index (χ1) is 17.7. The number of rotatable bonds is 6. The number of quaternary nitrogens is 1. The monoisotopic (exact) mass is 521 g/mol. The van der Waals surface area contributed by atoms with Crippen LogP contribution < -0.4 is 0 Å². The molecule has 7 rings (SSSR count). The van der Waals surface area contributed by atoms with Crippen molar-refractivity contribution < 1.29 is 18.5 Å². The highest BCUT2D eigenvalue weighted by Gasteiger charge is 2.50. The highest BCUT2D eigenvalue weighted by atomic mass is 35.5. The molecule has 4 aliphatic rings. The van der Waals surface area contributed by atoms with Crippen LogP contribution >= 0.6 is 12.4 Å². The number of fused-ring (bicyclic) bond motifs is 3. The summed E-state index contributed by atoms with van der Waals surface area (Å²) in [7, 11) is 0. The molecule has 4 fully saturated rings. The van der Waals surface area contributed by atoms with E-state index in [2.05, 4.69) is 47.6 Å². The lowest BCUT2D eigenvalue weighted by molar-refractivity contribution is -0.958. The first-order valence-electron chi connectivity index (χ1n) is 13.8. The highest BCUT2D eigenvalue weighted by Crippen LogP contribution is 2.42. The fourth-order valence-corrected chi connectivity index (χ4v) is 7.00. The lowest BCUT2D eigenvalue weighted by Crippen LogP contribution is -2.64. The summed E-state index contributed by atoms with van der Waals surface area (Å²) >= 11 is 0. The van der Waals surface area contributed by atoms with E-state index >= 15 is 0 Å². The van der Waals surface area contributed by atoms with Gasteiger partial charge in [-0.25, -0.2) is 0 Å². The van der Waals surface area contributed by atoms with Crippen LogP contribution in [-0.4, -0.2) is 41.3 Å². The summed E-state index contributed by atoms with van der Waals surface area (Å²) < 4.78 is 13.1. The Bertz CT molecular complexity index is 1160. The smallest absolute Gasteiger partial charge is 0.317 e. The molecule has 1 saturated carbocycles. The standard InChI is InChI=1S/C31H37N2O3.ClH/c34-30(31(17-9-1-2-10-18-31)26-13-7-4-8-14-26)35-29-23-33(19-15-25(29)16-20-33)22-27-21-28(36-32-27)24-11-5-3-6-12-24;/h3-8,11-14,21,25,29H,1-2,9-10,15-20,22-23H2;1H/q+1;/t25?,29-,33?;/m0./s1. The van der Waals surface area contributed by atoms with Gasteiger partial charge in [-0.2, -0.15) is 0 Å². The molecule has 0 spiro atoms. The predicted octanol–water partition coefficient (Wildman–Crippen LogP) is 6.71. The maximum Gasteiger partial charge on any atom is 0.317 e. The molecule has 3 aliphatic heterocycles. The van der Waals surface area contributed by atoms with E-state index in [4.69, 9.17) is 9.26 Å². The van der Waals surface area contributed by atoms with E-state index in [0.29, 0.717) is 5.92 Å². The van der Waals surface area contributed by atoms with Crippen LogP contribution in [0.2, 0.25) is 0 Å². The summed E-state index contributed by atoms with van der Waals surface area (Å²) in [4.78, 5) is 14.0. The van der Waals surface area contributed by atoms with Gasteiger partial charge in [0.1, 0.15) is 18.8 Å². The van der Waals surface area contributed by atoms with Crippen molar-refractivity contribution in [1.29, 1.82) is 0 Å². The summed E-state index contributed by atoms with van der Waals surface area (Å²) in [5.74, 6) is 1.31. The maximum absolute atomic E-state index is 14.0. The normalized spacial score (nSPS) is 26.6. The Morgan fingerprint density at radius 3 is 2.27 bits per heavy atom. The molecule has 4 heterocycles. The van der Waals surface area contributed by atoms with Crippen LogP contribution in [0.15, 0.2) is 71.3 Å². The Kier molecular flexibility index (Phi) is 7.73. The fraction of sp³-hybridized carbons (Fsp3) is 0.484. The van der Waals surface area contributed by atoms with Crippen molar-refractivity contribution in [3.8, 4) is 11.3 Å². The predicted molar refractivity (Wildman–Crippen MR) is 146 cm³/mol. The van der Waals surface area contributed by atoms with Gasteiger partial charge in [0.05, 0.1) is 18.5 Å². The zero-order valence-electron chi connectivity index (χ0n) is 21.5. The Morgan fingerprint density at radius 2 is 1.59 bits per heavy atom. The number of nitrogens with zero attached hydrogens (tertiary/aromatic N) is 2. The molecule has 3 saturated heterocycles. The first kappa shape index (κ1) is 26.0. The van der Waals surface area contributed by atoms with Crippen LogP contribution in [0, 0.1) is 5.92 Å². The number of benzene rings is 2. The van der Waals surface area contributed by atoms with E-state index < -0.39 is 5.41 Å². The Balaban J connectivity index is 0.00000280. The molecule has 3 aromatic rings. The molecular formula is C31H38ClN2O3+. The van der Waals surface area contributed by atoms with E-state index in [1.165, 1.54) is 12.8 Å². The van der Waals surface area contributed by atoms with Gasteiger partial charge < -0.3 is 13.7 Å². The summed E-state index contributed by atoms with van der Waals surface area (Å²) in [5, 5.41) is 4.42. The molecule has 1 atom stereocenters. The van der Waals surface area contributed by atoms with Crippen molar-refractivity contribution in [3.63, 3.8) is 0 Å². The van der Waals surface area contributed by atoms with Crippen LogP contribution in [0.5, 0.6) is 0 Å². The van der Waals surface area contributed by atoms with Crippen molar-refractivity contribution in [2.45, 2.75) is 69.4 Å². The Hall–Kier alpha value is -2.63. The third-order valence-electron chi connectivity index (χ3n) is 9.09. The minimum Gasteiger partial charge on any atom is -0.455 e. The molecule has 0 unspecified atom stereocenters. The summed E-state index contributed by atoms with van der Waals surface area (Å²) in [6.45, 7) is 3.96. The summed E-state index contributed by atoms with van der Waals surface area (Å²) in [6.07, 6.45) is 8.60. The average Bonchev–Trinajstić information content (AvgIpc) is 3.23. The largest absolute Gasteiger partial charge is 0.455 e. The maximum atomic E-state index is 14.0. The van der Waals surface area contributed by atoms with Crippen molar-refractivity contribution in [1.82, 2.24) is 5.16 Å². The number of hydrogen-bond acceptors (Lipinski definition) is 4. The molecular weight excluding hydrogens is 484 g/mol. The van der Waals surface area contributed by atoms with Gasteiger partial charge in [-0.3, -0.25) is 4.79 Å². The molecule has 196 valence electrons. The number of aromatic nitrogens is 1. The van der Waals surface area contributed by atoms with Crippen LogP contribution in [0.25, 0.3) is 11.3 Å². The summed E-state index contributed by atoms with van der Waals surface area (Å²) in [5.41, 5.74) is 2.68. The second kappa shape index (κ2) is 11.0. The zero-order valence-corrected chi connectivity index (χ0v) is 22.3. The average molecular weight is 522 g/mol. The van der Waals surface area contributed by atoms with Gasteiger partial charge in [0.2, 0.25) is 0 Å². The molecule has 2 aromatic carbocycles. The van der Waals surface area contributed by atoms with Crippen LogP contribution in [0.1, 0.15) is 62.6 Å². The first-order valence-corrected chi connectivity index (χ1v) is 13.8. The third kappa shape index (κ3) is 5.21. The van der Waals surface area contributed by atoms with E-state index in [0.717, 1.165) is 91.8 Å². The molecule has 2 bridgehead atoms. The molecule has 5 nitrogen and oxygen atoms in total. The third-order valence-corrected chi connectivity index (χ3v) is 9.09. The number of carbonyl (C=O) groups excluding carboxylic acids is 1. The van der Waals surface area contributed by atoms with Crippen molar-refractivity contribution in [3.05, 3.63) is 78.0 Å². The molecule has 0 amide bonds. The topological polar surface area (TPSA) is 52.3 Å². The second-order valence-electron chi connectivity index (χ2n) is 11.3. The van der Waals surface area contributed by atoms with Crippen molar-refractivity contribution in [2.75, 3.05) is 19.6 Å². The number of halogens is 1. The van der Waals surface area contributed by atoms with Gasteiger partial charge in [0.15, 0.2) is 11.9 Å². The van der Waals surface area contributed by atoms with Crippen LogP contribution in [0.3, 0.4) is 0 Å². The number of carbonyl (C=O) groups is 1. The SMILES string of the molecule is Cl.O=C(O[C@H]1C[N+]2(Cc3cc(-c4ccccc4)on3)CCC1CC2)C1(c2ccccc2)CCCCCC1. The van der Waals surface area contributed by atoms with Crippen molar-refractivity contribution >= 4 is 18.4 Å².